The molecule has 2 aromatic rings. The smallest absolute Gasteiger partial charge is 0.433 e. The summed E-state index contributed by atoms with van der Waals surface area (Å²) in [7, 11) is 1.42. The van der Waals surface area contributed by atoms with Gasteiger partial charge in [0.05, 0.1) is 12.6 Å². The van der Waals surface area contributed by atoms with Crippen molar-refractivity contribution in [3.05, 3.63) is 47.4 Å². The third kappa shape index (κ3) is 6.23. The van der Waals surface area contributed by atoms with Gasteiger partial charge in [-0.2, -0.15) is 13.2 Å². The van der Waals surface area contributed by atoms with E-state index in [0.717, 1.165) is 12.1 Å². The van der Waals surface area contributed by atoms with Crippen molar-refractivity contribution >= 4 is 5.78 Å². The lowest BCUT2D eigenvalue weighted by molar-refractivity contribution is -0.141. The first kappa shape index (κ1) is 24.1. The minimum absolute atomic E-state index is 0.0432. The van der Waals surface area contributed by atoms with Crippen molar-refractivity contribution in [3.8, 4) is 17.0 Å². The molecule has 1 aliphatic heterocycles. The standard InChI is InChI=1S/C22H23F5N2O3/c1-31-6-7-32-21-17(3-5-20(29-21)22(25,26)27)14-8-13(9-15(23)10-14)2-4-19(30)18-11-16(24)12-28-18/h3,5,8-10,16,18,28H,2,4,6-7,11-12H2,1H3/t16-,18+/m1/s1. The summed E-state index contributed by atoms with van der Waals surface area (Å²) in [5.74, 6) is -1.08. The quantitative estimate of drug-likeness (QED) is 0.452. The van der Waals surface area contributed by atoms with Crippen molar-refractivity contribution in [1.29, 1.82) is 0 Å². The molecule has 0 amide bonds. The fourth-order valence-electron chi connectivity index (χ4n) is 3.48. The van der Waals surface area contributed by atoms with Crippen LogP contribution in [0.5, 0.6) is 5.88 Å². The van der Waals surface area contributed by atoms with Crippen molar-refractivity contribution in [2.75, 3.05) is 26.9 Å². The number of hydrogen-bond acceptors (Lipinski definition) is 5. The molecule has 2 atom stereocenters. The fourth-order valence-corrected chi connectivity index (χ4v) is 3.48. The molecular formula is C22H23F5N2O3. The number of carbonyl (C=O) groups is 1. The first-order valence-corrected chi connectivity index (χ1v) is 10.1. The molecule has 2 heterocycles. The number of pyridine rings is 1. The zero-order valence-electron chi connectivity index (χ0n) is 17.3. The highest BCUT2D eigenvalue weighted by Gasteiger charge is 2.33. The van der Waals surface area contributed by atoms with E-state index < -0.39 is 29.9 Å². The van der Waals surface area contributed by atoms with Crippen LogP contribution in [0.2, 0.25) is 0 Å². The highest BCUT2D eigenvalue weighted by Crippen LogP contribution is 2.35. The molecule has 0 radical (unpaired) electrons. The molecule has 1 aliphatic rings. The maximum absolute atomic E-state index is 14.3. The number of nitrogens with one attached hydrogen (secondary N) is 1. The summed E-state index contributed by atoms with van der Waals surface area (Å²) in [5.41, 5.74) is -0.209. The van der Waals surface area contributed by atoms with Gasteiger partial charge in [0.1, 0.15) is 30.1 Å². The largest absolute Gasteiger partial charge is 0.475 e. The summed E-state index contributed by atoms with van der Waals surface area (Å²) < 4.78 is 77.0. The van der Waals surface area contributed by atoms with E-state index in [1.165, 1.54) is 19.2 Å². The summed E-state index contributed by atoms with van der Waals surface area (Å²) >= 11 is 0. The molecule has 1 aromatic heterocycles. The Balaban J connectivity index is 1.83. The highest BCUT2D eigenvalue weighted by atomic mass is 19.4. The van der Waals surface area contributed by atoms with Crippen molar-refractivity contribution in [1.82, 2.24) is 10.3 Å². The van der Waals surface area contributed by atoms with Gasteiger partial charge in [-0.15, -0.1) is 0 Å². The number of methoxy groups -OCH3 is 1. The molecule has 32 heavy (non-hydrogen) atoms. The van der Waals surface area contributed by atoms with Crippen LogP contribution in [-0.4, -0.2) is 49.8 Å². The number of Topliss-reactive ketones (excluding diaryl/α,β-unsaturated/α-hetero) is 1. The van der Waals surface area contributed by atoms with Crippen molar-refractivity contribution in [3.63, 3.8) is 0 Å². The number of hydrogen-bond donors (Lipinski definition) is 1. The number of nitrogens with zero attached hydrogens (tertiary/aromatic N) is 1. The molecule has 0 bridgehead atoms. The normalized spacial score (nSPS) is 18.7. The van der Waals surface area contributed by atoms with Crippen LogP contribution in [-0.2, 0) is 22.1 Å². The highest BCUT2D eigenvalue weighted by molar-refractivity contribution is 5.84. The summed E-state index contributed by atoms with van der Waals surface area (Å²) in [5, 5.41) is 2.81. The number of halogens is 5. The molecule has 0 aliphatic carbocycles. The van der Waals surface area contributed by atoms with Crippen LogP contribution in [0.15, 0.2) is 30.3 Å². The van der Waals surface area contributed by atoms with E-state index in [2.05, 4.69) is 10.3 Å². The van der Waals surface area contributed by atoms with Gasteiger partial charge in [0.2, 0.25) is 5.88 Å². The summed E-state index contributed by atoms with van der Waals surface area (Å²) in [4.78, 5) is 15.8. The first-order chi connectivity index (χ1) is 15.2. The number of carbonyl (C=O) groups excluding carboxylic acids is 1. The predicted octanol–water partition coefficient (Wildman–Crippen LogP) is 4.13. The Hall–Kier alpha value is -2.59. The van der Waals surface area contributed by atoms with Gasteiger partial charge in [0.15, 0.2) is 0 Å². The molecule has 1 N–H and O–H groups in total. The minimum atomic E-state index is -4.67. The van der Waals surface area contributed by atoms with Crippen LogP contribution >= 0.6 is 0 Å². The minimum Gasteiger partial charge on any atom is -0.475 e. The van der Waals surface area contributed by atoms with Crippen LogP contribution in [0.25, 0.3) is 11.1 Å². The number of aromatic nitrogens is 1. The number of aryl methyl sites for hydroxylation is 1. The maximum atomic E-state index is 14.3. The van der Waals surface area contributed by atoms with Crippen LogP contribution in [0, 0.1) is 5.82 Å². The summed E-state index contributed by atoms with van der Waals surface area (Å²) in [6.45, 7) is 0.217. The number of alkyl halides is 4. The molecule has 5 nitrogen and oxygen atoms in total. The van der Waals surface area contributed by atoms with Gasteiger partial charge in [-0.1, -0.05) is 6.07 Å². The Morgan fingerprint density at radius 1 is 1.22 bits per heavy atom. The Bertz CT molecular complexity index is 952. The number of ketones is 1. The van der Waals surface area contributed by atoms with E-state index in [-0.39, 0.29) is 61.8 Å². The zero-order chi connectivity index (χ0) is 23.3. The van der Waals surface area contributed by atoms with Gasteiger partial charge in [-0.25, -0.2) is 13.8 Å². The molecule has 1 saturated heterocycles. The van der Waals surface area contributed by atoms with Gasteiger partial charge >= 0.3 is 6.18 Å². The average molecular weight is 458 g/mol. The molecule has 0 spiro atoms. The third-order valence-corrected chi connectivity index (χ3v) is 5.07. The molecule has 10 heteroatoms. The van der Waals surface area contributed by atoms with Gasteiger partial charge in [0, 0.05) is 32.1 Å². The fraction of sp³-hybridized carbons (Fsp3) is 0.455. The van der Waals surface area contributed by atoms with Crippen LogP contribution < -0.4 is 10.1 Å². The monoisotopic (exact) mass is 458 g/mol. The van der Waals surface area contributed by atoms with Crippen molar-refractivity contribution in [2.45, 2.75) is 37.7 Å². The molecule has 3 rings (SSSR count). The van der Waals surface area contributed by atoms with E-state index >= 15 is 0 Å². The molecule has 0 saturated carbocycles. The van der Waals surface area contributed by atoms with Crippen LogP contribution in [0.4, 0.5) is 22.0 Å². The summed E-state index contributed by atoms with van der Waals surface area (Å²) in [6, 6.07) is 5.39. The third-order valence-electron chi connectivity index (χ3n) is 5.07. The second-order valence-electron chi connectivity index (χ2n) is 7.50. The lowest BCUT2D eigenvalue weighted by Crippen LogP contribution is -2.30. The van der Waals surface area contributed by atoms with E-state index in [4.69, 9.17) is 9.47 Å². The SMILES string of the molecule is COCCOc1nc(C(F)(F)F)ccc1-c1cc(F)cc(CCC(=O)[C@@H]2C[C@@H](F)CN2)c1. The van der Waals surface area contributed by atoms with Crippen molar-refractivity contribution in [2.24, 2.45) is 0 Å². The molecule has 0 unspecified atom stereocenters. The van der Waals surface area contributed by atoms with Crippen LogP contribution in [0.1, 0.15) is 24.1 Å². The first-order valence-electron chi connectivity index (χ1n) is 10.1. The summed E-state index contributed by atoms with van der Waals surface area (Å²) in [6.07, 6.45) is -5.33. The molecule has 174 valence electrons. The maximum Gasteiger partial charge on any atom is 0.433 e. The van der Waals surface area contributed by atoms with Gasteiger partial charge in [-0.3, -0.25) is 4.79 Å². The molecule has 1 aromatic carbocycles. The second kappa shape index (κ2) is 10.4. The zero-order valence-corrected chi connectivity index (χ0v) is 17.3. The van der Waals surface area contributed by atoms with E-state index in [0.29, 0.717) is 5.56 Å². The Morgan fingerprint density at radius 2 is 2.00 bits per heavy atom. The molecule has 1 fully saturated rings. The van der Waals surface area contributed by atoms with Gasteiger partial charge in [0.25, 0.3) is 0 Å². The predicted molar refractivity (Wildman–Crippen MR) is 107 cm³/mol. The van der Waals surface area contributed by atoms with E-state index in [1.807, 2.05) is 0 Å². The van der Waals surface area contributed by atoms with E-state index in [9.17, 15) is 26.7 Å². The Labute approximate surface area is 181 Å². The number of benzene rings is 1. The Morgan fingerprint density at radius 3 is 2.66 bits per heavy atom. The lowest BCUT2D eigenvalue weighted by atomic mass is 9.98. The van der Waals surface area contributed by atoms with Crippen LogP contribution in [0.3, 0.4) is 0 Å². The number of rotatable bonds is 9. The second-order valence-corrected chi connectivity index (χ2v) is 7.50. The number of ether oxygens (including phenoxy) is 2. The van der Waals surface area contributed by atoms with Crippen molar-refractivity contribution < 1.29 is 36.2 Å². The van der Waals surface area contributed by atoms with Gasteiger partial charge < -0.3 is 14.8 Å². The topological polar surface area (TPSA) is 60.5 Å². The van der Waals surface area contributed by atoms with Gasteiger partial charge in [-0.05, 0) is 41.8 Å². The van der Waals surface area contributed by atoms with E-state index in [1.54, 1.807) is 6.07 Å². The average Bonchev–Trinajstić information content (AvgIpc) is 3.17. The lowest BCUT2D eigenvalue weighted by Gasteiger charge is -2.15. The Kier molecular flexibility index (Phi) is 7.78. The molecular weight excluding hydrogens is 435 g/mol.